The second-order valence-corrected chi connectivity index (χ2v) is 11.3. The Hall–Kier alpha value is -3.41. The van der Waals surface area contributed by atoms with E-state index in [0.29, 0.717) is 5.82 Å². The van der Waals surface area contributed by atoms with Crippen LogP contribution in [0, 0.1) is 11.8 Å². The minimum Gasteiger partial charge on any atom is -0.444 e. The summed E-state index contributed by atoms with van der Waals surface area (Å²) in [6.07, 6.45) is -6.14. The van der Waals surface area contributed by atoms with E-state index in [-0.39, 0.29) is 30.3 Å². The summed E-state index contributed by atoms with van der Waals surface area (Å²) < 4.78 is 71.3. The Labute approximate surface area is 218 Å². The van der Waals surface area contributed by atoms with E-state index in [4.69, 9.17) is 4.74 Å². The second-order valence-electron chi connectivity index (χ2n) is 9.37. The highest BCUT2D eigenvalue weighted by atomic mass is 32.2. The van der Waals surface area contributed by atoms with Gasteiger partial charge in [0.25, 0.3) is 0 Å². The van der Waals surface area contributed by atoms with E-state index >= 15 is 0 Å². The van der Waals surface area contributed by atoms with Gasteiger partial charge in [0.1, 0.15) is 28.2 Å². The second kappa shape index (κ2) is 11.1. The topological polar surface area (TPSA) is 125 Å². The lowest BCUT2D eigenvalue weighted by molar-refractivity contribution is -0.206. The molecular weight excluding hydrogens is 527 g/mol. The number of carbonyl (C=O) groups excluding carboxylic acids is 1. The Morgan fingerprint density at radius 2 is 1.87 bits per heavy atom. The smallest absolute Gasteiger partial charge is 0.418 e. The van der Waals surface area contributed by atoms with Gasteiger partial charge in [-0.05, 0) is 45.9 Å². The largest absolute Gasteiger partial charge is 0.444 e. The number of amides is 1. The molecule has 3 heterocycles. The van der Waals surface area contributed by atoms with E-state index in [1.807, 2.05) is 0 Å². The predicted molar refractivity (Wildman–Crippen MR) is 133 cm³/mol. The Balaban J connectivity index is 1.74. The molecule has 3 rings (SSSR count). The van der Waals surface area contributed by atoms with E-state index in [2.05, 4.69) is 27.1 Å². The molecule has 38 heavy (non-hydrogen) atoms. The van der Waals surface area contributed by atoms with Gasteiger partial charge in [0.2, 0.25) is 10.0 Å². The number of nitrogens with zero attached hydrogens (tertiary/aromatic N) is 4. The van der Waals surface area contributed by atoms with Gasteiger partial charge in [0, 0.05) is 37.6 Å². The highest BCUT2D eigenvalue weighted by Gasteiger charge is 2.40. The lowest BCUT2D eigenvalue weighted by Gasteiger charge is -2.39. The van der Waals surface area contributed by atoms with Gasteiger partial charge in [0.15, 0.2) is 6.10 Å². The molecule has 0 saturated carbocycles. The number of aromatic nitrogens is 2. The van der Waals surface area contributed by atoms with Crippen molar-refractivity contribution in [2.45, 2.75) is 56.5 Å². The SMILES string of the molecule is CC#C[C@H]1CN(S(=O)(=O)c2ccc(NC(=O)OC(C)(C)C)nc2)CCN1c1ccc(C(O)C(F)(F)F)cn1. The van der Waals surface area contributed by atoms with Crippen LogP contribution in [0.1, 0.15) is 39.4 Å². The summed E-state index contributed by atoms with van der Waals surface area (Å²) in [5.41, 5.74) is -1.12. The van der Waals surface area contributed by atoms with Crippen LogP contribution in [-0.2, 0) is 14.8 Å². The fourth-order valence-corrected chi connectivity index (χ4v) is 5.01. The minimum absolute atomic E-state index is 0.0321. The van der Waals surface area contributed by atoms with Gasteiger partial charge in [-0.25, -0.2) is 23.2 Å². The monoisotopic (exact) mass is 555 g/mol. The standard InChI is InChI=1S/C24H28F3N5O5S/c1-5-6-17-15-31(11-12-32(17)20-10-7-16(13-29-20)21(33)24(25,26)27)38(35,36)18-8-9-19(28-14-18)30-22(34)37-23(2,3)4/h7-10,13-14,17,21,33H,11-12,15H2,1-4H3,(H,28,30,34)/t17-,21?/m0/s1. The molecule has 1 aliphatic heterocycles. The number of hydrogen-bond acceptors (Lipinski definition) is 8. The van der Waals surface area contributed by atoms with Gasteiger partial charge in [-0.15, -0.1) is 5.92 Å². The van der Waals surface area contributed by atoms with Crippen LogP contribution in [0.15, 0.2) is 41.6 Å². The number of aliphatic hydroxyl groups excluding tert-OH is 1. The Kier molecular flexibility index (Phi) is 8.55. The summed E-state index contributed by atoms with van der Waals surface area (Å²) in [4.78, 5) is 21.6. The number of nitrogens with one attached hydrogen (secondary N) is 1. The van der Waals surface area contributed by atoms with Gasteiger partial charge in [-0.2, -0.15) is 17.5 Å². The number of aliphatic hydroxyl groups is 1. The number of sulfonamides is 1. The summed E-state index contributed by atoms with van der Waals surface area (Å²) in [7, 11) is -3.97. The third-order valence-corrected chi connectivity index (χ3v) is 7.20. The molecule has 1 fully saturated rings. The van der Waals surface area contributed by atoms with Crippen molar-refractivity contribution in [2.75, 3.05) is 29.9 Å². The van der Waals surface area contributed by atoms with Crippen LogP contribution in [0.4, 0.5) is 29.6 Å². The molecule has 0 radical (unpaired) electrons. The Bertz CT molecular complexity index is 1300. The molecule has 0 spiro atoms. The molecule has 10 nitrogen and oxygen atoms in total. The molecule has 1 saturated heterocycles. The fourth-order valence-electron chi connectivity index (χ4n) is 3.62. The average Bonchev–Trinajstić information content (AvgIpc) is 2.82. The first-order chi connectivity index (χ1) is 17.6. The number of rotatable bonds is 5. The minimum atomic E-state index is -4.82. The van der Waals surface area contributed by atoms with Gasteiger partial charge in [-0.1, -0.05) is 12.0 Å². The van der Waals surface area contributed by atoms with Crippen molar-refractivity contribution < 1.29 is 36.2 Å². The predicted octanol–water partition coefficient (Wildman–Crippen LogP) is 3.32. The van der Waals surface area contributed by atoms with E-state index in [0.717, 1.165) is 18.5 Å². The molecule has 2 atom stereocenters. The number of alkyl halides is 3. The zero-order valence-electron chi connectivity index (χ0n) is 21.2. The fraction of sp³-hybridized carbons (Fsp3) is 0.458. The number of ether oxygens (including phenoxy) is 1. The van der Waals surface area contributed by atoms with Crippen molar-refractivity contribution in [1.29, 1.82) is 0 Å². The van der Waals surface area contributed by atoms with Crippen molar-refractivity contribution in [2.24, 2.45) is 0 Å². The highest BCUT2D eigenvalue weighted by Crippen LogP contribution is 2.33. The zero-order valence-corrected chi connectivity index (χ0v) is 22.0. The van der Waals surface area contributed by atoms with Gasteiger partial charge >= 0.3 is 12.3 Å². The van der Waals surface area contributed by atoms with Crippen molar-refractivity contribution >= 4 is 27.8 Å². The van der Waals surface area contributed by atoms with E-state index < -0.39 is 45.6 Å². The number of anilines is 2. The number of piperazine rings is 1. The number of carbonyl (C=O) groups is 1. The first-order valence-electron chi connectivity index (χ1n) is 11.5. The maximum atomic E-state index is 13.3. The molecule has 206 valence electrons. The van der Waals surface area contributed by atoms with Crippen LogP contribution < -0.4 is 10.2 Å². The highest BCUT2D eigenvalue weighted by molar-refractivity contribution is 7.89. The Morgan fingerprint density at radius 1 is 1.16 bits per heavy atom. The molecule has 2 N–H and O–H groups in total. The molecular formula is C24H28F3N5O5S. The van der Waals surface area contributed by atoms with Crippen LogP contribution in [0.2, 0.25) is 0 Å². The summed E-state index contributed by atoms with van der Waals surface area (Å²) in [5, 5.41) is 11.9. The Morgan fingerprint density at radius 3 is 2.39 bits per heavy atom. The molecule has 2 aromatic heterocycles. The molecule has 2 aromatic rings. The number of pyridine rings is 2. The van der Waals surface area contributed by atoms with Crippen molar-refractivity contribution in [1.82, 2.24) is 14.3 Å². The third kappa shape index (κ3) is 7.12. The molecule has 0 bridgehead atoms. The lowest BCUT2D eigenvalue weighted by Crippen LogP contribution is -2.54. The summed E-state index contributed by atoms with van der Waals surface area (Å²) in [5.74, 6) is 6.08. The molecule has 1 aliphatic rings. The van der Waals surface area contributed by atoms with E-state index in [1.165, 1.54) is 22.5 Å². The first kappa shape index (κ1) is 29.2. The van der Waals surface area contributed by atoms with Crippen molar-refractivity contribution in [3.05, 3.63) is 42.2 Å². The first-order valence-corrected chi connectivity index (χ1v) is 12.9. The molecule has 0 aromatic carbocycles. The maximum Gasteiger partial charge on any atom is 0.418 e. The average molecular weight is 556 g/mol. The van der Waals surface area contributed by atoms with Gasteiger partial charge in [-0.3, -0.25) is 5.32 Å². The van der Waals surface area contributed by atoms with Crippen LogP contribution in [-0.4, -0.2) is 71.3 Å². The van der Waals surface area contributed by atoms with Crippen molar-refractivity contribution in [3.63, 3.8) is 0 Å². The number of hydrogen-bond donors (Lipinski definition) is 2. The number of halogens is 3. The summed E-state index contributed by atoms with van der Waals surface area (Å²) in [6, 6.07) is 4.48. The van der Waals surface area contributed by atoms with E-state index in [9.17, 15) is 31.5 Å². The normalized spacial score (nSPS) is 17.8. The van der Waals surface area contributed by atoms with Crippen LogP contribution in [0.5, 0.6) is 0 Å². The maximum absolute atomic E-state index is 13.3. The third-order valence-electron chi connectivity index (χ3n) is 5.35. The van der Waals surface area contributed by atoms with Crippen LogP contribution in [0.3, 0.4) is 0 Å². The lowest BCUT2D eigenvalue weighted by atomic mass is 10.1. The molecule has 1 amide bonds. The molecule has 14 heteroatoms. The quantitative estimate of drug-likeness (QED) is 0.539. The van der Waals surface area contributed by atoms with Crippen LogP contribution in [0.25, 0.3) is 0 Å². The van der Waals surface area contributed by atoms with E-state index in [1.54, 1.807) is 32.6 Å². The van der Waals surface area contributed by atoms with Gasteiger partial charge < -0.3 is 14.7 Å². The van der Waals surface area contributed by atoms with Crippen LogP contribution >= 0.6 is 0 Å². The van der Waals surface area contributed by atoms with Gasteiger partial charge in [0.05, 0.1) is 0 Å². The molecule has 1 unspecified atom stereocenters. The zero-order chi connectivity index (χ0) is 28.3. The molecule has 0 aliphatic carbocycles. The van der Waals surface area contributed by atoms with Crippen molar-refractivity contribution in [3.8, 4) is 11.8 Å². The summed E-state index contributed by atoms with van der Waals surface area (Å²) in [6.45, 7) is 6.88. The summed E-state index contributed by atoms with van der Waals surface area (Å²) >= 11 is 0.